The highest BCUT2D eigenvalue weighted by atomic mass is 35.5. The van der Waals surface area contributed by atoms with Crippen LogP contribution in [0.5, 0.6) is 6.01 Å². The Labute approximate surface area is 136 Å². The highest BCUT2D eigenvalue weighted by molar-refractivity contribution is 6.30. The van der Waals surface area contributed by atoms with E-state index in [0.29, 0.717) is 23.5 Å². The van der Waals surface area contributed by atoms with Gasteiger partial charge in [-0.15, -0.1) is 0 Å². The smallest absolute Gasteiger partial charge is 0.316 e. The van der Waals surface area contributed by atoms with Crippen LogP contribution in [-0.2, 0) is 4.79 Å². The molecule has 5 nitrogen and oxygen atoms in total. The fourth-order valence-electron chi connectivity index (χ4n) is 3.35. The normalized spacial score (nSPS) is 23.3. The molecule has 0 N–H and O–H groups in total. The van der Waals surface area contributed by atoms with Crippen molar-refractivity contribution in [3.8, 4) is 6.01 Å². The summed E-state index contributed by atoms with van der Waals surface area (Å²) in [5, 5.41) is 0.491. The third kappa shape index (κ3) is 3.88. The van der Waals surface area contributed by atoms with Crippen LogP contribution in [0.2, 0.25) is 5.02 Å². The van der Waals surface area contributed by atoms with Crippen molar-refractivity contribution in [1.82, 2.24) is 14.9 Å². The van der Waals surface area contributed by atoms with E-state index in [-0.39, 0.29) is 12.0 Å². The summed E-state index contributed by atoms with van der Waals surface area (Å²) in [5.74, 6) is 0.532. The van der Waals surface area contributed by atoms with Crippen LogP contribution in [0.1, 0.15) is 44.9 Å². The van der Waals surface area contributed by atoms with Gasteiger partial charge in [0, 0.05) is 12.5 Å². The van der Waals surface area contributed by atoms with Crippen LogP contribution >= 0.6 is 11.6 Å². The van der Waals surface area contributed by atoms with Crippen LogP contribution in [-0.4, -0.2) is 40.0 Å². The molecule has 0 spiro atoms. The molecule has 3 rings (SSSR count). The summed E-state index contributed by atoms with van der Waals surface area (Å²) in [6.07, 6.45) is 10.6. The van der Waals surface area contributed by atoms with Gasteiger partial charge in [0.1, 0.15) is 6.10 Å². The summed E-state index contributed by atoms with van der Waals surface area (Å²) < 4.78 is 5.80. The van der Waals surface area contributed by atoms with E-state index in [9.17, 15) is 4.79 Å². The van der Waals surface area contributed by atoms with E-state index < -0.39 is 0 Å². The largest absolute Gasteiger partial charge is 0.458 e. The van der Waals surface area contributed by atoms with Gasteiger partial charge in [0.15, 0.2) is 0 Å². The summed E-state index contributed by atoms with van der Waals surface area (Å²) in [5.41, 5.74) is 0. The maximum atomic E-state index is 12.6. The van der Waals surface area contributed by atoms with Gasteiger partial charge in [-0.25, -0.2) is 9.97 Å². The van der Waals surface area contributed by atoms with Crippen molar-refractivity contribution in [1.29, 1.82) is 0 Å². The van der Waals surface area contributed by atoms with Gasteiger partial charge in [-0.2, -0.15) is 0 Å². The maximum absolute atomic E-state index is 12.6. The molecule has 2 aliphatic rings. The van der Waals surface area contributed by atoms with Gasteiger partial charge >= 0.3 is 6.01 Å². The number of hydrogen-bond donors (Lipinski definition) is 0. The Morgan fingerprint density at radius 3 is 2.59 bits per heavy atom. The predicted molar refractivity (Wildman–Crippen MR) is 83.8 cm³/mol. The van der Waals surface area contributed by atoms with E-state index in [1.807, 2.05) is 4.90 Å². The predicted octanol–water partition coefficient (Wildman–Crippen LogP) is 3.08. The Hall–Kier alpha value is -1.36. The summed E-state index contributed by atoms with van der Waals surface area (Å²) in [6.45, 7) is 1.48. The molecule has 0 bridgehead atoms. The monoisotopic (exact) mass is 323 g/mol. The van der Waals surface area contributed by atoms with Crippen molar-refractivity contribution in [2.75, 3.05) is 13.1 Å². The minimum Gasteiger partial charge on any atom is -0.458 e. The Bertz CT molecular complexity index is 503. The second kappa shape index (κ2) is 7.27. The van der Waals surface area contributed by atoms with E-state index in [0.717, 1.165) is 32.2 Å². The first-order valence-corrected chi connectivity index (χ1v) is 8.53. The molecule has 1 saturated carbocycles. The summed E-state index contributed by atoms with van der Waals surface area (Å²) in [7, 11) is 0. The van der Waals surface area contributed by atoms with E-state index >= 15 is 0 Å². The molecule has 22 heavy (non-hydrogen) atoms. The number of likely N-dealkylation sites (tertiary alicyclic amines) is 1. The average molecular weight is 324 g/mol. The highest BCUT2D eigenvalue weighted by Crippen LogP contribution is 2.27. The Balaban J connectivity index is 1.56. The molecular weight excluding hydrogens is 302 g/mol. The minimum absolute atomic E-state index is 0.0255. The minimum atomic E-state index is -0.0255. The quantitative estimate of drug-likeness (QED) is 0.857. The maximum Gasteiger partial charge on any atom is 0.316 e. The SMILES string of the molecule is O=C(C1CCCCC1)N1CCCC(Oc2ncc(Cl)cn2)C1. The van der Waals surface area contributed by atoms with Gasteiger partial charge in [-0.3, -0.25) is 4.79 Å². The van der Waals surface area contributed by atoms with E-state index in [4.69, 9.17) is 16.3 Å². The zero-order chi connectivity index (χ0) is 15.4. The van der Waals surface area contributed by atoms with Gasteiger partial charge < -0.3 is 9.64 Å². The molecule has 1 aliphatic carbocycles. The van der Waals surface area contributed by atoms with Gasteiger partial charge in [0.25, 0.3) is 0 Å². The standard InChI is InChI=1S/C16H22ClN3O2/c17-13-9-18-16(19-10-13)22-14-7-4-8-20(11-14)15(21)12-5-2-1-3-6-12/h9-10,12,14H,1-8,11H2. The number of rotatable bonds is 3. The number of hydrogen-bond acceptors (Lipinski definition) is 4. The van der Waals surface area contributed by atoms with Crippen LogP contribution in [0.3, 0.4) is 0 Å². The topological polar surface area (TPSA) is 55.3 Å². The molecule has 1 aromatic rings. The third-order valence-electron chi connectivity index (χ3n) is 4.51. The molecule has 2 fully saturated rings. The summed E-state index contributed by atoms with van der Waals surface area (Å²) >= 11 is 5.77. The van der Waals surface area contributed by atoms with Crippen molar-refractivity contribution in [2.45, 2.75) is 51.0 Å². The lowest BCUT2D eigenvalue weighted by molar-refractivity contribution is -0.139. The molecular formula is C16H22ClN3O2. The second-order valence-electron chi connectivity index (χ2n) is 6.19. The van der Waals surface area contributed by atoms with E-state index in [1.54, 1.807) is 0 Å². The lowest BCUT2D eigenvalue weighted by Gasteiger charge is -2.35. The van der Waals surface area contributed by atoms with Crippen LogP contribution in [0, 0.1) is 5.92 Å². The van der Waals surface area contributed by atoms with Crippen LogP contribution in [0.4, 0.5) is 0 Å². The Kier molecular flexibility index (Phi) is 5.13. The molecule has 1 unspecified atom stereocenters. The number of carbonyl (C=O) groups is 1. The summed E-state index contributed by atoms with van der Waals surface area (Å²) in [6, 6.07) is 0.335. The van der Waals surface area contributed by atoms with Crippen molar-refractivity contribution in [2.24, 2.45) is 5.92 Å². The lowest BCUT2D eigenvalue weighted by atomic mass is 9.88. The van der Waals surface area contributed by atoms with Crippen LogP contribution in [0.25, 0.3) is 0 Å². The Morgan fingerprint density at radius 2 is 1.86 bits per heavy atom. The molecule has 1 saturated heterocycles. The number of halogens is 1. The lowest BCUT2D eigenvalue weighted by Crippen LogP contribution is -2.47. The molecule has 1 aromatic heterocycles. The van der Waals surface area contributed by atoms with E-state index in [1.165, 1.54) is 31.7 Å². The van der Waals surface area contributed by atoms with Crippen molar-refractivity contribution in [3.05, 3.63) is 17.4 Å². The Morgan fingerprint density at radius 1 is 1.14 bits per heavy atom. The molecule has 120 valence electrons. The second-order valence-corrected chi connectivity index (χ2v) is 6.62. The number of piperidine rings is 1. The third-order valence-corrected chi connectivity index (χ3v) is 4.71. The number of aromatic nitrogens is 2. The van der Waals surface area contributed by atoms with Crippen molar-refractivity contribution >= 4 is 17.5 Å². The molecule has 6 heteroatoms. The zero-order valence-corrected chi connectivity index (χ0v) is 13.5. The molecule has 0 aromatic carbocycles. The highest BCUT2D eigenvalue weighted by Gasteiger charge is 2.30. The van der Waals surface area contributed by atoms with Crippen molar-refractivity contribution in [3.63, 3.8) is 0 Å². The van der Waals surface area contributed by atoms with Crippen LogP contribution in [0.15, 0.2) is 12.4 Å². The van der Waals surface area contributed by atoms with Gasteiger partial charge in [-0.1, -0.05) is 30.9 Å². The fraction of sp³-hybridized carbons (Fsp3) is 0.688. The fourth-order valence-corrected chi connectivity index (χ4v) is 3.45. The zero-order valence-electron chi connectivity index (χ0n) is 12.7. The van der Waals surface area contributed by atoms with Crippen LogP contribution < -0.4 is 4.74 Å². The molecule has 1 atom stereocenters. The molecule has 2 heterocycles. The van der Waals surface area contributed by atoms with Gasteiger partial charge in [0.2, 0.25) is 5.91 Å². The molecule has 1 aliphatic heterocycles. The first kappa shape index (κ1) is 15.5. The molecule has 1 amide bonds. The average Bonchev–Trinajstić information content (AvgIpc) is 2.57. The first-order chi connectivity index (χ1) is 10.7. The number of carbonyl (C=O) groups excluding carboxylic acids is 1. The number of amides is 1. The number of nitrogens with zero attached hydrogens (tertiary/aromatic N) is 3. The molecule has 0 radical (unpaired) electrons. The first-order valence-electron chi connectivity index (χ1n) is 8.15. The number of ether oxygens (including phenoxy) is 1. The van der Waals surface area contributed by atoms with Crippen molar-refractivity contribution < 1.29 is 9.53 Å². The van der Waals surface area contributed by atoms with Gasteiger partial charge in [-0.05, 0) is 25.7 Å². The van der Waals surface area contributed by atoms with Gasteiger partial charge in [0.05, 0.1) is 24.0 Å². The summed E-state index contributed by atoms with van der Waals surface area (Å²) in [4.78, 5) is 22.7. The van der Waals surface area contributed by atoms with E-state index in [2.05, 4.69) is 9.97 Å².